The first-order valence-electron chi connectivity index (χ1n) is 5.52. The molecule has 2 nitrogen and oxygen atoms in total. The summed E-state index contributed by atoms with van der Waals surface area (Å²) >= 11 is 0. The maximum Gasteiger partial charge on any atom is 0.236 e. The van der Waals surface area contributed by atoms with Gasteiger partial charge in [-0.3, -0.25) is 9.36 Å². The van der Waals surface area contributed by atoms with Crippen LogP contribution in [0.2, 0.25) is 0 Å². The number of hydrogen-bond donors (Lipinski definition) is 0. The smallest absolute Gasteiger partial charge is 0.236 e. The highest BCUT2D eigenvalue weighted by atomic mass is 16.2. The molecule has 0 aliphatic carbocycles. The second-order valence-electron chi connectivity index (χ2n) is 5.30. The third kappa shape index (κ3) is 1.75. The second kappa shape index (κ2) is 3.48. The summed E-state index contributed by atoms with van der Waals surface area (Å²) in [4.78, 5) is 12.2. The topological polar surface area (TPSA) is 22.0 Å². The van der Waals surface area contributed by atoms with E-state index >= 15 is 0 Å². The van der Waals surface area contributed by atoms with Gasteiger partial charge in [0.15, 0.2) is 0 Å². The normalized spacial score (nSPS) is 12.0. The number of aromatic nitrogens is 1. The first-order chi connectivity index (χ1) is 7.39. The molecule has 0 unspecified atom stereocenters. The average Bonchev–Trinajstić information content (AvgIpc) is 2.57. The largest absolute Gasteiger partial charge is 0.287 e. The van der Waals surface area contributed by atoms with Crippen molar-refractivity contribution in [1.82, 2.24) is 4.57 Å². The predicted octanol–water partition coefficient (Wildman–Crippen LogP) is 3.64. The van der Waals surface area contributed by atoms with Crippen molar-refractivity contribution in [3.8, 4) is 0 Å². The monoisotopic (exact) mass is 215 g/mol. The fraction of sp³-hybridized carbons (Fsp3) is 0.357. The zero-order chi connectivity index (χ0) is 11.9. The van der Waals surface area contributed by atoms with Gasteiger partial charge in [0.2, 0.25) is 5.91 Å². The molecule has 2 aromatic rings. The SMILES string of the molecule is Cc1ccc2c(ccn2C(=O)C(C)(C)C)c1. The Balaban J connectivity index is 2.59. The molecule has 0 fully saturated rings. The van der Waals surface area contributed by atoms with Crippen LogP contribution in [0.3, 0.4) is 0 Å². The van der Waals surface area contributed by atoms with E-state index in [0.717, 1.165) is 10.9 Å². The summed E-state index contributed by atoms with van der Waals surface area (Å²) in [5.74, 6) is 0.131. The van der Waals surface area contributed by atoms with E-state index in [-0.39, 0.29) is 11.3 Å². The van der Waals surface area contributed by atoms with Crippen molar-refractivity contribution in [2.24, 2.45) is 5.41 Å². The van der Waals surface area contributed by atoms with Crippen LogP contribution in [0.1, 0.15) is 31.1 Å². The standard InChI is InChI=1S/C14H17NO/c1-10-5-6-12-11(9-10)7-8-15(12)13(16)14(2,3)4/h5-9H,1-4H3. The molecular formula is C14H17NO. The Bertz CT molecular complexity index is 543. The lowest BCUT2D eigenvalue weighted by Crippen LogP contribution is -2.25. The van der Waals surface area contributed by atoms with Crippen molar-refractivity contribution >= 4 is 16.8 Å². The molecule has 0 aliphatic rings. The lowest BCUT2D eigenvalue weighted by molar-refractivity contribution is 0.0772. The van der Waals surface area contributed by atoms with Crippen molar-refractivity contribution in [2.75, 3.05) is 0 Å². The van der Waals surface area contributed by atoms with E-state index < -0.39 is 0 Å². The van der Waals surface area contributed by atoms with E-state index in [1.165, 1.54) is 5.56 Å². The van der Waals surface area contributed by atoms with Gasteiger partial charge in [-0.1, -0.05) is 32.4 Å². The Hall–Kier alpha value is -1.57. The Labute approximate surface area is 95.9 Å². The summed E-state index contributed by atoms with van der Waals surface area (Å²) in [5, 5.41) is 1.12. The summed E-state index contributed by atoms with van der Waals surface area (Å²) in [6.45, 7) is 7.88. The van der Waals surface area contributed by atoms with Gasteiger partial charge in [0.25, 0.3) is 0 Å². The van der Waals surface area contributed by atoms with Gasteiger partial charge < -0.3 is 0 Å². The fourth-order valence-electron chi connectivity index (χ4n) is 1.80. The first-order valence-corrected chi connectivity index (χ1v) is 5.52. The summed E-state index contributed by atoms with van der Waals surface area (Å²) in [6.07, 6.45) is 1.86. The molecule has 0 N–H and O–H groups in total. The molecule has 1 aromatic heterocycles. The Morgan fingerprint density at radius 3 is 2.50 bits per heavy atom. The van der Waals surface area contributed by atoms with Crippen molar-refractivity contribution in [3.05, 3.63) is 36.0 Å². The Morgan fingerprint density at radius 2 is 1.88 bits per heavy atom. The molecule has 1 heterocycles. The molecule has 0 aliphatic heterocycles. The number of hydrogen-bond acceptors (Lipinski definition) is 1. The molecule has 0 amide bonds. The van der Waals surface area contributed by atoms with E-state index in [9.17, 15) is 4.79 Å². The number of carbonyl (C=O) groups is 1. The van der Waals surface area contributed by atoms with E-state index in [1.54, 1.807) is 4.57 Å². The van der Waals surface area contributed by atoms with Crippen molar-refractivity contribution < 1.29 is 4.79 Å². The number of rotatable bonds is 0. The highest BCUT2D eigenvalue weighted by Gasteiger charge is 2.23. The Morgan fingerprint density at radius 1 is 1.19 bits per heavy atom. The molecule has 0 radical (unpaired) electrons. The van der Waals surface area contributed by atoms with Crippen LogP contribution in [-0.2, 0) is 0 Å². The lowest BCUT2D eigenvalue weighted by Gasteiger charge is -2.17. The number of carbonyl (C=O) groups excluding carboxylic acids is 1. The molecule has 0 bridgehead atoms. The number of nitrogens with zero attached hydrogens (tertiary/aromatic N) is 1. The van der Waals surface area contributed by atoms with Crippen LogP contribution in [0.5, 0.6) is 0 Å². The quantitative estimate of drug-likeness (QED) is 0.657. The molecular weight excluding hydrogens is 198 g/mol. The van der Waals surface area contributed by atoms with Crippen LogP contribution in [0.4, 0.5) is 0 Å². The van der Waals surface area contributed by atoms with E-state index in [1.807, 2.05) is 45.2 Å². The zero-order valence-electron chi connectivity index (χ0n) is 10.2. The van der Waals surface area contributed by atoms with Gasteiger partial charge in [-0.2, -0.15) is 0 Å². The van der Waals surface area contributed by atoms with Gasteiger partial charge in [0, 0.05) is 17.0 Å². The fourth-order valence-corrected chi connectivity index (χ4v) is 1.80. The Kier molecular flexibility index (Phi) is 2.38. The minimum Gasteiger partial charge on any atom is -0.287 e. The van der Waals surface area contributed by atoms with Crippen LogP contribution in [0, 0.1) is 12.3 Å². The molecule has 84 valence electrons. The number of fused-ring (bicyclic) bond motifs is 1. The van der Waals surface area contributed by atoms with Crippen LogP contribution >= 0.6 is 0 Å². The van der Waals surface area contributed by atoms with E-state index in [2.05, 4.69) is 13.0 Å². The van der Waals surface area contributed by atoms with Gasteiger partial charge in [0.1, 0.15) is 0 Å². The van der Waals surface area contributed by atoms with Gasteiger partial charge in [-0.15, -0.1) is 0 Å². The predicted molar refractivity (Wildman–Crippen MR) is 66.8 cm³/mol. The molecule has 0 spiro atoms. The average molecular weight is 215 g/mol. The highest BCUT2D eigenvalue weighted by Crippen LogP contribution is 2.23. The number of aryl methyl sites for hydroxylation is 1. The van der Waals surface area contributed by atoms with E-state index in [4.69, 9.17) is 0 Å². The summed E-state index contributed by atoms with van der Waals surface area (Å²) < 4.78 is 1.74. The zero-order valence-corrected chi connectivity index (χ0v) is 10.2. The molecule has 2 rings (SSSR count). The first kappa shape index (κ1) is 10.9. The lowest BCUT2D eigenvalue weighted by atomic mass is 9.95. The molecule has 0 atom stereocenters. The summed E-state index contributed by atoms with van der Waals surface area (Å²) in [7, 11) is 0. The van der Waals surface area contributed by atoms with E-state index in [0.29, 0.717) is 0 Å². The van der Waals surface area contributed by atoms with Crippen molar-refractivity contribution in [3.63, 3.8) is 0 Å². The van der Waals surface area contributed by atoms with Crippen LogP contribution in [-0.4, -0.2) is 10.5 Å². The maximum absolute atomic E-state index is 12.2. The van der Waals surface area contributed by atoms with Gasteiger partial charge in [-0.05, 0) is 25.1 Å². The molecule has 0 saturated heterocycles. The molecule has 16 heavy (non-hydrogen) atoms. The van der Waals surface area contributed by atoms with Crippen LogP contribution in [0.15, 0.2) is 30.5 Å². The van der Waals surface area contributed by atoms with Gasteiger partial charge in [-0.25, -0.2) is 0 Å². The number of benzene rings is 1. The minimum absolute atomic E-state index is 0.131. The van der Waals surface area contributed by atoms with Gasteiger partial charge >= 0.3 is 0 Å². The third-order valence-electron chi connectivity index (χ3n) is 2.71. The molecule has 1 aromatic carbocycles. The van der Waals surface area contributed by atoms with Gasteiger partial charge in [0.05, 0.1) is 5.52 Å². The summed E-state index contributed by atoms with van der Waals surface area (Å²) in [6, 6.07) is 8.14. The molecule has 2 heteroatoms. The van der Waals surface area contributed by atoms with Crippen LogP contribution < -0.4 is 0 Å². The minimum atomic E-state index is -0.350. The van der Waals surface area contributed by atoms with Crippen molar-refractivity contribution in [1.29, 1.82) is 0 Å². The molecule has 0 saturated carbocycles. The summed E-state index contributed by atoms with van der Waals surface area (Å²) in [5.41, 5.74) is 1.86. The van der Waals surface area contributed by atoms with Crippen molar-refractivity contribution in [2.45, 2.75) is 27.7 Å². The van der Waals surface area contributed by atoms with Crippen LogP contribution in [0.25, 0.3) is 10.9 Å². The second-order valence-corrected chi connectivity index (χ2v) is 5.30. The highest BCUT2D eigenvalue weighted by molar-refractivity contribution is 5.94. The maximum atomic E-state index is 12.2. The third-order valence-corrected chi connectivity index (χ3v) is 2.71.